The molecule has 4 nitrogen and oxygen atoms in total. The fraction of sp³-hybridized carbons (Fsp3) is 0.462. The van der Waals surface area contributed by atoms with Crippen molar-refractivity contribution in [3.63, 3.8) is 0 Å². The highest BCUT2D eigenvalue weighted by atomic mass is 127. The van der Waals surface area contributed by atoms with Crippen LogP contribution in [0.3, 0.4) is 0 Å². The van der Waals surface area contributed by atoms with Gasteiger partial charge in [-0.3, -0.25) is 4.79 Å². The van der Waals surface area contributed by atoms with Crippen molar-refractivity contribution in [2.24, 2.45) is 5.73 Å². The van der Waals surface area contributed by atoms with E-state index >= 15 is 0 Å². The minimum absolute atomic E-state index is 0.0268. The van der Waals surface area contributed by atoms with Crippen molar-refractivity contribution in [2.75, 3.05) is 6.54 Å². The molecular weight excluding hydrogens is 343 g/mol. The summed E-state index contributed by atoms with van der Waals surface area (Å²) >= 11 is 2.03. The van der Waals surface area contributed by atoms with Gasteiger partial charge in [-0.25, -0.2) is 0 Å². The molecule has 5 heteroatoms. The monoisotopic (exact) mass is 360 g/mol. The van der Waals surface area contributed by atoms with Gasteiger partial charge in [0.05, 0.1) is 3.57 Å². The highest BCUT2D eigenvalue weighted by Crippen LogP contribution is 2.23. The average molecular weight is 360 g/mol. The van der Waals surface area contributed by atoms with Crippen LogP contribution in [-0.4, -0.2) is 34.5 Å². The standard InChI is InChI=1S/C13H17IN2O2/c1-8-6-10(15)4-5-16(8)13(18)9-2-3-11(14)12(17)7-9/h2-3,7-8,10,17H,4-6,15H2,1H3. The first-order valence-electron chi connectivity index (χ1n) is 6.04. The zero-order chi connectivity index (χ0) is 13.3. The van der Waals surface area contributed by atoms with Gasteiger partial charge in [0, 0.05) is 24.2 Å². The predicted molar refractivity (Wildman–Crippen MR) is 78.5 cm³/mol. The third-order valence-electron chi connectivity index (χ3n) is 3.37. The molecule has 1 heterocycles. The second-order valence-corrected chi connectivity index (χ2v) is 5.96. The van der Waals surface area contributed by atoms with E-state index in [9.17, 15) is 9.90 Å². The van der Waals surface area contributed by atoms with Gasteiger partial charge in [-0.15, -0.1) is 0 Å². The van der Waals surface area contributed by atoms with E-state index in [1.165, 1.54) is 6.07 Å². The molecule has 0 aromatic heterocycles. The van der Waals surface area contributed by atoms with Gasteiger partial charge in [-0.1, -0.05) is 0 Å². The van der Waals surface area contributed by atoms with Crippen LogP contribution in [-0.2, 0) is 0 Å². The van der Waals surface area contributed by atoms with E-state index in [0.717, 1.165) is 16.4 Å². The van der Waals surface area contributed by atoms with Crippen LogP contribution in [0.1, 0.15) is 30.1 Å². The van der Waals surface area contributed by atoms with Gasteiger partial charge in [-0.2, -0.15) is 0 Å². The van der Waals surface area contributed by atoms with Crippen LogP contribution in [0.4, 0.5) is 0 Å². The lowest BCUT2D eigenvalue weighted by atomic mass is 9.98. The zero-order valence-electron chi connectivity index (χ0n) is 10.3. The molecule has 0 spiro atoms. The summed E-state index contributed by atoms with van der Waals surface area (Å²) < 4.78 is 0.748. The van der Waals surface area contributed by atoms with E-state index in [1.54, 1.807) is 12.1 Å². The van der Waals surface area contributed by atoms with Gasteiger partial charge in [0.25, 0.3) is 5.91 Å². The van der Waals surface area contributed by atoms with Gasteiger partial charge >= 0.3 is 0 Å². The van der Waals surface area contributed by atoms with Crippen molar-refractivity contribution >= 4 is 28.5 Å². The molecule has 3 N–H and O–H groups in total. The normalized spacial score (nSPS) is 24.1. The molecule has 1 aliphatic heterocycles. The molecule has 1 aliphatic rings. The Kier molecular flexibility index (Phi) is 4.11. The Balaban J connectivity index is 2.18. The highest BCUT2D eigenvalue weighted by Gasteiger charge is 2.27. The number of nitrogens with zero attached hydrogens (tertiary/aromatic N) is 1. The number of halogens is 1. The van der Waals surface area contributed by atoms with Gasteiger partial charge in [0.15, 0.2) is 0 Å². The number of aromatic hydroxyl groups is 1. The Hall–Kier alpha value is -0.820. The minimum atomic E-state index is -0.0268. The summed E-state index contributed by atoms with van der Waals surface area (Å²) in [5.74, 6) is 0.129. The second-order valence-electron chi connectivity index (χ2n) is 4.80. The van der Waals surface area contributed by atoms with E-state index < -0.39 is 0 Å². The third kappa shape index (κ3) is 2.77. The van der Waals surface area contributed by atoms with Crippen molar-refractivity contribution in [3.8, 4) is 5.75 Å². The molecule has 0 bridgehead atoms. The summed E-state index contributed by atoms with van der Waals surface area (Å²) in [5.41, 5.74) is 6.43. The van der Waals surface area contributed by atoms with Crippen LogP contribution in [0, 0.1) is 3.57 Å². The molecule has 0 aliphatic carbocycles. The molecule has 18 heavy (non-hydrogen) atoms. The number of carbonyl (C=O) groups is 1. The number of hydrogen-bond acceptors (Lipinski definition) is 3. The molecule has 1 fully saturated rings. The van der Waals surface area contributed by atoms with Crippen LogP contribution < -0.4 is 5.73 Å². The number of phenolic OH excluding ortho intramolecular Hbond substituents is 1. The van der Waals surface area contributed by atoms with Crippen molar-refractivity contribution in [2.45, 2.75) is 31.8 Å². The number of likely N-dealkylation sites (tertiary alicyclic amines) is 1. The molecule has 1 aromatic carbocycles. The largest absolute Gasteiger partial charge is 0.507 e. The van der Waals surface area contributed by atoms with Crippen LogP contribution in [0.15, 0.2) is 18.2 Å². The molecular formula is C13H17IN2O2. The fourth-order valence-electron chi connectivity index (χ4n) is 2.32. The van der Waals surface area contributed by atoms with E-state index in [4.69, 9.17) is 5.73 Å². The summed E-state index contributed by atoms with van der Waals surface area (Å²) in [7, 11) is 0. The number of benzene rings is 1. The van der Waals surface area contributed by atoms with Gasteiger partial charge in [0.2, 0.25) is 0 Å². The number of amides is 1. The van der Waals surface area contributed by atoms with Crippen LogP contribution >= 0.6 is 22.6 Å². The molecule has 2 unspecified atom stereocenters. The van der Waals surface area contributed by atoms with Crippen molar-refractivity contribution in [1.29, 1.82) is 0 Å². The number of carbonyl (C=O) groups excluding carboxylic acids is 1. The van der Waals surface area contributed by atoms with Gasteiger partial charge in [-0.05, 0) is 60.6 Å². The second kappa shape index (κ2) is 5.44. The Morgan fingerprint density at radius 3 is 2.89 bits per heavy atom. The van der Waals surface area contributed by atoms with Crippen molar-refractivity contribution < 1.29 is 9.90 Å². The van der Waals surface area contributed by atoms with Gasteiger partial charge < -0.3 is 15.7 Å². The lowest BCUT2D eigenvalue weighted by Gasteiger charge is -2.36. The van der Waals surface area contributed by atoms with Crippen molar-refractivity contribution in [1.82, 2.24) is 4.90 Å². The Bertz CT molecular complexity index is 464. The number of phenols is 1. The number of nitrogens with two attached hydrogens (primary N) is 1. The lowest BCUT2D eigenvalue weighted by Crippen LogP contribution is -2.48. The Morgan fingerprint density at radius 1 is 1.56 bits per heavy atom. The molecule has 98 valence electrons. The van der Waals surface area contributed by atoms with Crippen LogP contribution in [0.5, 0.6) is 5.75 Å². The van der Waals surface area contributed by atoms with E-state index in [-0.39, 0.29) is 23.7 Å². The summed E-state index contributed by atoms with van der Waals surface area (Å²) in [5, 5.41) is 9.66. The maximum absolute atomic E-state index is 12.4. The van der Waals surface area contributed by atoms with Crippen LogP contribution in [0.2, 0.25) is 0 Å². The van der Waals surface area contributed by atoms with Gasteiger partial charge in [0.1, 0.15) is 5.75 Å². The summed E-state index contributed by atoms with van der Waals surface area (Å²) in [4.78, 5) is 14.2. The van der Waals surface area contributed by atoms with E-state index in [0.29, 0.717) is 12.1 Å². The maximum atomic E-state index is 12.4. The first-order valence-corrected chi connectivity index (χ1v) is 7.12. The molecule has 2 rings (SSSR count). The Labute approximate surface area is 120 Å². The van der Waals surface area contributed by atoms with E-state index in [2.05, 4.69) is 0 Å². The zero-order valence-corrected chi connectivity index (χ0v) is 12.4. The number of rotatable bonds is 1. The fourth-order valence-corrected chi connectivity index (χ4v) is 2.66. The Morgan fingerprint density at radius 2 is 2.28 bits per heavy atom. The van der Waals surface area contributed by atoms with Crippen LogP contribution in [0.25, 0.3) is 0 Å². The molecule has 0 radical (unpaired) electrons. The lowest BCUT2D eigenvalue weighted by molar-refractivity contribution is 0.0618. The highest BCUT2D eigenvalue weighted by molar-refractivity contribution is 14.1. The smallest absolute Gasteiger partial charge is 0.254 e. The average Bonchev–Trinajstić information content (AvgIpc) is 2.32. The van der Waals surface area contributed by atoms with Crippen molar-refractivity contribution in [3.05, 3.63) is 27.3 Å². The predicted octanol–water partition coefficient (Wildman–Crippen LogP) is 1.95. The molecule has 1 aromatic rings. The third-order valence-corrected chi connectivity index (χ3v) is 4.28. The first kappa shape index (κ1) is 13.6. The quantitative estimate of drug-likeness (QED) is 0.753. The summed E-state index contributed by atoms with van der Waals surface area (Å²) in [6.45, 7) is 2.71. The molecule has 1 saturated heterocycles. The SMILES string of the molecule is CC1CC(N)CCN1C(=O)c1ccc(I)c(O)c1. The topological polar surface area (TPSA) is 66.6 Å². The summed E-state index contributed by atoms with van der Waals surface area (Å²) in [6, 6.07) is 5.39. The maximum Gasteiger partial charge on any atom is 0.254 e. The molecule has 2 atom stereocenters. The minimum Gasteiger partial charge on any atom is -0.507 e. The molecule has 0 saturated carbocycles. The first-order chi connectivity index (χ1) is 8.49. The number of piperidine rings is 1. The summed E-state index contributed by atoms with van der Waals surface area (Å²) in [6.07, 6.45) is 1.68. The number of hydrogen-bond donors (Lipinski definition) is 2. The molecule has 1 amide bonds. The van der Waals surface area contributed by atoms with E-state index in [1.807, 2.05) is 34.4 Å².